The summed E-state index contributed by atoms with van der Waals surface area (Å²) in [6, 6.07) is 4.79. The van der Waals surface area contributed by atoms with Crippen LogP contribution in [0.15, 0.2) is 30.0 Å². The van der Waals surface area contributed by atoms with Gasteiger partial charge >= 0.3 is 0 Å². The van der Waals surface area contributed by atoms with Gasteiger partial charge in [0.15, 0.2) is 0 Å². The third-order valence-electron chi connectivity index (χ3n) is 8.29. The van der Waals surface area contributed by atoms with E-state index in [-0.39, 0.29) is 34.3 Å². The van der Waals surface area contributed by atoms with Crippen LogP contribution in [-0.4, -0.2) is 25.2 Å². The number of rotatable bonds is 3. The van der Waals surface area contributed by atoms with Crippen LogP contribution in [-0.2, 0) is 15.6 Å². The average Bonchev–Trinajstić information content (AvgIpc) is 2.75. The van der Waals surface area contributed by atoms with E-state index in [2.05, 4.69) is 88.6 Å². The minimum Gasteiger partial charge on any atom is -0.490 e. The molecule has 0 spiro atoms. The van der Waals surface area contributed by atoms with Crippen LogP contribution >= 0.6 is 0 Å². The summed E-state index contributed by atoms with van der Waals surface area (Å²) in [4.78, 5) is 6.44. The molecule has 0 amide bonds. The Bertz CT molecular complexity index is 974. The van der Waals surface area contributed by atoms with Crippen molar-refractivity contribution in [1.29, 1.82) is 0 Å². The Morgan fingerprint density at radius 2 is 1.64 bits per heavy atom. The fourth-order valence-electron chi connectivity index (χ4n) is 5.57. The summed E-state index contributed by atoms with van der Waals surface area (Å²) in [6.45, 7) is 28.2. The average molecular weight is 447 g/mol. The molecule has 0 bridgehead atoms. The number of hydrogen-bond donors (Lipinski definition) is 0. The van der Waals surface area contributed by atoms with Crippen molar-refractivity contribution in [3.8, 4) is 0 Å². The second-order valence-electron chi connectivity index (χ2n) is 12.9. The van der Waals surface area contributed by atoms with Crippen LogP contribution in [0.5, 0.6) is 0 Å². The van der Waals surface area contributed by atoms with E-state index in [9.17, 15) is 0 Å². The molecule has 3 atom stereocenters. The summed E-state index contributed by atoms with van der Waals surface area (Å²) >= 11 is 0. The smallest absolute Gasteiger partial charge is 0.227 e. The van der Waals surface area contributed by atoms with Crippen LogP contribution in [0.1, 0.15) is 91.3 Å². The largest absolute Gasteiger partial charge is 0.490 e. The van der Waals surface area contributed by atoms with Gasteiger partial charge in [0.05, 0.1) is 5.92 Å². The fourth-order valence-corrected chi connectivity index (χ4v) is 5.57. The summed E-state index contributed by atoms with van der Waals surface area (Å²) in [5.74, 6) is 1.14. The van der Waals surface area contributed by atoms with Gasteiger partial charge in [-0.3, -0.25) is 0 Å². The fraction of sp³-hybridized carbons (Fsp3) is 0.633. The summed E-state index contributed by atoms with van der Waals surface area (Å²) in [6.07, 6.45) is 9.97. The van der Waals surface area contributed by atoms with Crippen LogP contribution in [0.4, 0.5) is 5.69 Å². The molecule has 0 saturated carbocycles. The van der Waals surface area contributed by atoms with Crippen LogP contribution in [0, 0.1) is 17.9 Å². The van der Waals surface area contributed by atoms with Crippen LogP contribution < -0.4 is 4.90 Å². The molecule has 0 saturated heterocycles. The van der Waals surface area contributed by atoms with Crippen molar-refractivity contribution in [2.75, 3.05) is 18.0 Å². The number of allylic oxidation sites excluding steroid dienone is 1. The molecule has 0 fully saturated rings. The number of anilines is 1. The van der Waals surface area contributed by atoms with E-state index < -0.39 is 0 Å². The second-order valence-corrected chi connectivity index (χ2v) is 12.9. The lowest BCUT2D eigenvalue weighted by molar-refractivity contribution is 0.00422. The van der Waals surface area contributed by atoms with Crippen molar-refractivity contribution in [2.24, 2.45) is 11.3 Å². The van der Waals surface area contributed by atoms with E-state index in [1.165, 1.54) is 35.2 Å². The summed E-state index contributed by atoms with van der Waals surface area (Å²) < 4.78 is 6.44. The molecule has 3 heterocycles. The topological polar surface area (TPSA) is 16.8 Å². The minimum absolute atomic E-state index is 0.0251. The van der Waals surface area contributed by atoms with E-state index in [1.807, 2.05) is 6.92 Å². The van der Waals surface area contributed by atoms with Gasteiger partial charge in [0.1, 0.15) is 11.9 Å². The zero-order valence-corrected chi connectivity index (χ0v) is 22.0. The molecule has 1 aromatic rings. The molecule has 1 aromatic carbocycles. The number of hydrogen-bond acceptors (Lipinski definition) is 2. The zero-order valence-electron chi connectivity index (χ0n) is 22.0. The molecule has 3 nitrogen and oxygen atoms in total. The molecule has 0 radical (unpaired) electrons. The molecule has 3 aliphatic heterocycles. The summed E-state index contributed by atoms with van der Waals surface area (Å²) in [7, 11) is 0. The molecule has 33 heavy (non-hydrogen) atoms. The SMILES string of the molecule is [C-]#[N+]C(C)C1C=C(/C=C/c2cc3c4c(c2)C(C)(C)CCN4CCC3(C)C)OC(C(C)(C)C)C1. The third-order valence-corrected chi connectivity index (χ3v) is 8.29. The monoisotopic (exact) mass is 446 g/mol. The van der Waals surface area contributed by atoms with Crippen molar-refractivity contribution < 1.29 is 4.74 Å². The number of nitrogens with zero attached hydrogens (tertiary/aromatic N) is 2. The van der Waals surface area contributed by atoms with Gasteiger partial charge in [-0.15, -0.1) is 0 Å². The van der Waals surface area contributed by atoms with Gasteiger partial charge in [-0.2, -0.15) is 0 Å². The van der Waals surface area contributed by atoms with Gasteiger partial charge in [-0.25, -0.2) is 6.57 Å². The highest BCUT2D eigenvalue weighted by atomic mass is 16.5. The lowest BCUT2D eigenvalue weighted by Crippen LogP contribution is -2.44. The van der Waals surface area contributed by atoms with E-state index >= 15 is 0 Å². The highest BCUT2D eigenvalue weighted by Gasteiger charge is 2.40. The zero-order chi connectivity index (χ0) is 24.2. The first-order chi connectivity index (χ1) is 15.3. The van der Waals surface area contributed by atoms with Gasteiger partial charge in [0, 0.05) is 25.7 Å². The first kappa shape index (κ1) is 23.9. The highest BCUT2D eigenvalue weighted by molar-refractivity contribution is 5.72. The van der Waals surface area contributed by atoms with Crippen molar-refractivity contribution in [3.63, 3.8) is 0 Å². The summed E-state index contributed by atoms with van der Waals surface area (Å²) in [5, 5.41) is 0. The lowest BCUT2D eigenvalue weighted by atomic mass is 9.69. The van der Waals surface area contributed by atoms with Crippen LogP contribution in [0.3, 0.4) is 0 Å². The maximum Gasteiger partial charge on any atom is 0.227 e. The molecule has 4 rings (SSSR count). The van der Waals surface area contributed by atoms with E-state index in [0.717, 1.165) is 25.3 Å². The van der Waals surface area contributed by atoms with Crippen molar-refractivity contribution in [1.82, 2.24) is 0 Å². The molecular formula is C30H42N2O. The molecule has 0 aliphatic carbocycles. The summed E-state index contributed by atoms with van der Waals surface area (Å²) in [5.41, 5.74) is 6.14. The molecule has 178 valence electrons. The van der Waals surface area contributed by atoms with Gasteiger partial charge in [-0.05, 0) is 76.5 Å². The van der Waals surface area contributed by atoms with Crippen LogP contribution in [0.2, 0.25) is 0 Å². The predicted octanol–water partition coefficient (Wildman–Crippen LogP) is 7.51. The highest BCUT2D eigenvalue weighted by Crippen LogP contribution is 2.49. The van der Waals surface area contributed by atoms with E-state index in [4.69, 9.17) is 11.3 Å². The van der Waals surface area contributed by atoms with E-state index in [0.29, 0.717) is 0 Å². The van der Waals surface area contributed by atoms with Crippen molar-refractivity contribution in [3.05, 3.63) is 58.2 Å². The quantitative estimate of drug-likeness (QED) is 0.447. The first-order valence-electron chi connectivity index (χ1n) is 12.7. The molecule has 3 unspecified atom stereocenters. The van der Waals surface area contributed by atoms with Gasteiger partial charge in [-0.1, -0.05) is 54.5 Å². The van der Waals surface area contributed by atoms with Crippen molar-refractivity contribution in [2.45, 2.75) is 97.6 Å². The Morgan fingerprint density at radius 1 is 1.06 bits per heavy atom. The Balaban J connectivity index is 1.73. The van der Waals surface area contributed by atoms with Crippen LogP contribution in [0.25, 0.3) is 10.9 Å². The van der Waals surface area contributed by atoms with Gasteiger partial charge in [0.2, 0.25) is 6.04 Å². The number of ether oxygens (including phenoxy) is 1. The Labute approximate surface area is 201 Å². The maximum absolute atomic E-state index is 7.53. The maximum atomic E-state index is 7.53. The first-order valence-corrected chi connectivity index (χ1v) is 12.7. The van der Waals surface area contributed by atoms with E-state index in [1.54, 1.807) is 0 Å². The van der Waals surface area contributed by atoms with Crippen molar-refractivity contribution >= 4 is 11.8 Å². The van der Waals surface area contributed by atoms with Gasteiger partial charge < -0.3 is 14.5 Å². The standard InChI is InChI=1S/C30H42N2O/c1-20(31-9)22-18-23(33-26(19-22)28(2,3)4)11-10-21-16-24-27-25(17-21)30(7,8)13-15-32(27)14-12-29(24,5)6/h10-11,16-18,20,22,26H,12-15,19H2,1-8H3/b11-10+. The predicted molar refractivity (Wildman–Crippen MR) is 140 cm³/mol. The Kier molecular flexibility index (Phi) is 5.97. The second kappa shape index (κ2) is 8.23. The Hall–Kier alpha value is -2.21. The third kappa shape index (κ3) is 4.59. The lowest BCUT2D eigenvalue weighted by Gasteiger charge is -2.48. The Morgan fingerprint density at radius 3 is 2.15 bits per heavy atom. The minimum atomic E-state index is -0.0251. The number of benzene rings is 1. The normalized spacial score (nSPS) is 26.8. The molecule has 3 aliphatic rings. The molecule has 0 aromatic heterocycles. The molecule has 0 N–H and O–H groups in total. The van der Waals surface area contributed by atoms with Gasteiger partial charge in [0.25, 0.3) is 0 Å². The molecular weight excluding hydrogens is 404 g/mol. The molecule has 3 heteroatoms.